The maximum Gasteiger partial charge on any atom is 0.277 e. The van der Waals surface area contributed by atoms with Gasteiger partial charge in [-0.15, -0.1) is 0 Å². The third-order valence-corrected chi connectivity index (χ3v) is 5.77. The maximum atomic E-state index is 13.0. The molecule has 0 atom stereocenters. The number of nitrogens with one attached hydrogen (secondary N) is 1. The van der Waals surface area contributed by atoms with E-state index >= 15 is 0 Å². The summed E-state index contributed by atoms with van der Waals surface area (Å²) in [6, 6.07) is 16.2. The Morgan fingerprint density at radius 1 is 1.06 bits per heavy atom. The molecule has 0 unspecified atom stereocenters. The molecule has 1 fully saturated rings. The summed E-state index contributed by atoms with van der Waals surface area (Å²) >= 11 is 6.25. The van der Waals surface area contributed by atoms with Gasteiger partial charge in [-0.25, -0.2) is 14.6 Å². The smallest absolute Gasteiger partial charge is 0.277 e. The van der Waals surface area contributed by atoms with E-state index in [2.05, 4.69) is 49.5 Å². The highest BCUT2D eigenvalue weighted by Gasteiger charge is 2.20. The van der Waals surface area contributed by atoms with Gasteiger partial charge in [0.15, 0.2) is 5.69 Å². The van der Waals surface area contributed by atoms with Crippen LogP contribution < -0.4 is 10.2 Å². The number of rotatable bonds is 5. The summed E-state index contributed by atoms with van der Waals surface area (Å²) in [6.07, 6.45) is 5.35. The molecule has 1 aliphatic rings. The first-order chi connectivity index (χ1) is 15.2. The van der Waals surface area contributed by atoms with E-state index in [9.17, 15) is 4.79 Å². The van der Waals surface area contributed by atoms with Crippen molar-refractivity contribution in [3.8, 4) is 0 Å². The van der Waals surface area contributed by atoms with Crippen molar-refractivity contribution in [2.24, 2.45) is 0 Å². The second kappa shape index (κ2) is 8.35. The van der Waals surface area contributed by atoms with Gasteiger partial charge < -0.3 is 10.2 Å². The van der Waals surface area contributed by atoms with Crippen LogP contribution in [0.1, 0.15) is 28.9 Å². The molecule has 1 saturated heterocycles. The summed E-state index contributed by atoms with van der Waals surface area (Å²) in [5.74, 6) is 0.735. The molecule has 2 aromatic carbocycles. The van der Waals surface area contributed by atoms with Crippen LogP contribution in [-0.2, 0) is 6.54 Å². The van der Waals surface area contributed by atoms with Crippen LogP contribution in [0.4, 0.5) is 11.8 Å². The number of hydrogen-bond acceptors (Lipinski definition) is 5. The molecule has 0 aliphatic carbocycles. The first kappa shape index (κ1) is 19.5. The van der Waals surface area contributed by atoms with Crippen LogP contribution in [0.15, 0.2) is 60.9 Å². The number of carbonyl (C=O) groups is 1. The molecule has 31 heavy (non-hydrogen) atoms. The van der Waals surface area contributed by atoms with Gasteiger partial charge >= 0.3 is 0 Å². The van der Waals surface area contributed by atoms with Gasteiger partial charge in [0.05, 0.1) is 24.0 Å². The Morgan fingerprint density at radius 2 is 1.87 bits per heavy atom. The van der Waals surface area contributed by atoms with Gasteiger partial charge in [-0.1, -0.05) is 54.1 Å². The van der Waals surface area contributed by atoms with E-state index in [-0.39, 0.29) is 16.6 Å². The van der Waals surface area contributed by atoms with Crippen LogP contribution in [0.3, 0.4) is 0 Å². The van der Waals surface area contributed by atoms with Gasteiger partial charge in [0.1, 0.15) is 5.82 Å². The minimum atomic E-state index is -0.382. The molecule has 4 aromatic rings. The van der Waals surface area contributed by atoms with Crippen LogP contribution in [-0.4, -0.2) is 38.7 Å². The predicted molar refractivity (Wildman–Crippen MR) is 122 cm³/mol. The zero-order valence-electron chi connectivity index (χ0n) is 16.8. The first-order valence-electron chi connectivity index (χ1n) is 10.3. The molecular weight excluding hydrogens is 412 g/mol. The lowest BCUT2D eigenvalue weighted by Gasteiger charge is -2.16. The van der Waals surface area contributed by atoms with Crippen molar-refractivity contribution >= 4 is 40.0 Å². The van der Waals surface area contributed by atoms with Gasteiger partial charge in [0.25, 0.3) is 5.91 Å². The highest BCUT2D eigenvalue weighted by Crippen LogP contribution is 2.23. The Labute approximate surface area is 184 Å². The van der Waals surface area contributed by atoms with Crippen molar-refractivity contribution in [3.05, 3.63) is 77.2 Å². The number of halogens is 1. The van der Waals surface area contributed by atoms with Gasteiger partial charge in [-0.2, -0.15) is 5.10 Å². The average molecular weight is 433 g/mol. The fourth-order valence-electron chi connectivity index (χ4n) is 3.92. The van der Waals surface area contributed by atoms with E-state index in [1.54, 1.807) is 16.9 Å². The van der Waals surface area contributed by atoms with Gasteiger partial charge in [0.2, 0.25) is 5.95 Å². The van der Waals surface area contributed by atoms with Crippen molar-refractivity contribution in [1.82, 2.24) is 19.7 Å². The molecule has 5 rings (SSSR count). The molecule has 1 amide bonds. The number of amides is 1. The summed E-state index contributed by atoms with van der Waals surface area (Å²) in [5.41, 5.74) is 1.28. The van der Waals surface area contributed by atoms with Crippen molar-refractivity contribution in [2.45, 2.75) is 19.4 Å². The van der Waals surface area contributed by atoms with E-state index in [0.29, 0.717) is 18.3 Å². The highest BCUT2D eigenvalue weighted by atomic mass is 35.5. The lowest BCUT2D eigenvalue weighted by atomic mass is 10.0. The molecule has 0 bridgehead atoms. The number of nitrogens with zero attached hydrogens (tertiary/aromatic N) is 5. The van der Waals surface area contributed by atoms with E-state index < -0.39 is 0 Å². The van der Waals surface area contributed by atoms with E-state index in [1.807, 2.05) is 18.2 Å². The van der Waals surface area contributed by atoms with E-state index in [0.717, 1.165) is 36.9 Å². The van der Waals surface area contributed by atoms with Gasteiger partial charge in [-0.3, -0.25) is 4.79 Å². The van der Waals surface area contributed by atoms with E-state index in [1.165, 1.54) is 11.6 Å². The summed E-state index contributed by atoms with van der Waals surface area (Å²) < 4.78 is 1.76. The number of anilines is 2. The van der Waals surface area contributed by atoms with Crippen LogP contribution in [0, 0.1) is 0 Å². The molecular formula is C23H21ClN6O. The van der Waals surface area contributed by atoms with Crippen molar-refractivity contribution < 1.29 is 4.79 Å². The van der Waals surface area contributed by atoms with E-state index in [4.69, 9.17) is 11.6 Å². The molecule has 3 heterocycles. The number of aromatic nitrogens is 4. The second-order valence-electron chi connectivity index (χ2n) is 7.53. The van der Waals surface area contributed by atoms with Crippen molar-refractivity contribution in [1.29, 1.82) is 0 Å². The molecule has 0 saturated carbocycles. The summed E-state index contributed by atoms with van der Waals surface area (Å²) in [4.78, 5) is 23.8. The van der Waals surface area contributed by atoms with Crippen molar-refractivity contribution in [3.63, 3.8) is 0 Å². The summed E-state index contributed by atoms with van der Waals surface area (Å²) in [6.45, 7) is 2.31. The SMILES string of the molecule is O=C(Nc1ccnn1Cc1cccc2ccccc12)c1nc(N2CCCC2)ncc1Cl. The molecule has 1 aliphatic heterocycles. The highest BCUT2D eigenvalue weighted by molar-refractivity contribution is 6.34. The predicted octanol–water partition coefficient (Wildman–Crippen LogP) is 4.38. The van der Waals surface area contributed by atoms with Crippen LogP contribution in [0.25, 0.3) is 10.8 Å². The zero-order valence-corrected chi connectivity index (χ0v) is 17.6. The third kappa shape index (κ3) is 3.96. The molecule has 1 N–H and O–H groups in total. The molecule has 0 spiro atoms. The second-order valence-corrected chi connectivity index (χ2v) is 7.93. The number of hydrogen-bond donors (Lipinski definition) is 1. The lowest BCUT2D eigenvalue weighted by molar-refractivity contribution is 0.102. The minimum Gasteiger partial charge on any atom is -0.341 e. The van der Waals surface area contributed by atoms with Crippen LogP contribution >= 0.6 is 11.6 Å². The maximum absolute atomic E-state index is 13.0. The van der Waals surface area contributed by atoms with Gasteiger partial charge in [0, 0.05) is 19.2 Å². The fraction of sp³-hybridized carbons (Fsp3) is 0.217. The number of fused-ring (bicyclic) bond motifs is 1. The van der Waals surface area contributed by atoms with Gasteiger partial charge in [-0.05, 0) is 29.2 Å². The Balaban J connectivity index is 1.39. The largest absolute Gasteiger partial charge is 0.341 e. The normalized spacial score (nSPS) is 13.6. The molecule has 7 nitrogen and oxygen atoms in total. The zero-order chi connectivity index (χ0) is 21.2. The Bertz CT molecular complexity index is 1240. The fourth-order valence-corrected chi connectivity index (χ4v) is 4.10. The Hall–Kier alpha value is -3.45. The first-order valence-corrected chi connectivity index (χ1v) is 10.6. The molecule has 156 valence electrons. The third-order valence-electron chi connectivity index (χ3n) is 5.49. The average Bonchev–Trinajstić information content (AvgIpc) is 3.47. The molecule has 8 heteroatoms. The Kier molecular flexibility index (Phi) is 5.26. The summed E-state index contributed by atoms with van der Waals surface area (Å²) in [5, 5.41) is 9.85. The number of carbonyl (C=O) groups excluding carboxylic acids is 1. The minimum absolute atomic E-state index is 0.163. The number of benzene rings is 2. The standard InChI is InChI=1S/C23H21ClN6O/c24-19-14-25-23(29-12-3-4-13-29)28-21(19)22(31)27-20-10-11-26-30(20)15-17-8-5-7-16-6-1-2-9-18(16)17/h1-2,5-11,14H,3-4,12-13,15H2,(H,27,31). The molecule has 2 aromatic heterocycles. The summed E-state index contributed by atoms with van der Waals surface area (Å²) in [7, 11) is 0. The topological polar surface area (TPSA) is 75.9 Å². The molecule has 0 radical (unpaired) electrons. The lowest BCUT2D eigenvalue weighted by Crippen LogP contribution is -2.23. The van der Waals surface area contributed by atoms with Crippen LogP contribution in [0.5, 0.6) is 0 Å². The quantitative estimate of drug-likeness (QED) is 0.506. The van der Waals surface area contributed by atoms with Crippen molar-refractivity contribution in [2.75, 3.05) is 23.3 Å². The monoisotopic (exact) mass is 432 g/mol. The van der Waals surface area contributed by atoms with Crippen LogP contribution in [0.2, 0.25) is 5.02 Å². The Morgan fingerprint density at radius 3 is 2.74 bits per heavy atom.